The quantitative estimate of drug-likeness (QED) is 0.821. The minimum Gasteiger partial charge on any atom is -0.423 e. The highest BCUT2D eigenvalue weighted by Crippen LogP contribution is 2.34. The molecule has 2 aromatic rings. The molecule has 0 amide bonds. The topological polar surface area (TPSA) is 58.9 Å². The van der Waals surface area contributed by atoms with Gasteiger partial charge in [-0.15, -0.1) is 0 Å². The van der Waals surface area contributed by atoms with Crippen LogP contribution in [-0.4, -0.2) is 23.8 Å². The fraction of sp³-hybridized carbons (Fsp3) is 0.200. The Balaban J connectivity index is 1.71. The van der Waals surface area contributed by atoms with Gasteiger partial charge in [0.05, 0.1) is 6.61 Å². The molecule has 20 heavy (non-hydrogen) atoms. The maximum absolute atomic E-state index is 9.06. The first-order chi connectivity index (χ1) is 9.74. The lowest BCUT2D eigenvalue weighted by Crippen LogP contribution is -2.29. The summed E-state index contributed by atoms with van der Waals surface area (Å²) in [7, 11) is -1.45. The van der Waals surface area contributed by atoms with Crippen molar-refractivity contribution in [2.24, 2.45) is 0 Å². The Morgan fingerprint density at radius 3 is 2.25 bits per heavy atom. The summed E-state index contributed by atoms with van der Waals surface area (Å²) in [5.41, 5.74) is 2.41. The van der Waals surface area contributed by atoms with Crippen LogP contribution in [0.15, 0.2) is 54.6 Å². The van der Waals surface area contributed by atoms with E-state index in [0.717, 1.165) is 11.1 Å². The van der Waals surface area contributed by atoms with E-state index in [4.69, 9.17) is 19.5 Å². The predicted molar refractivity (Wildman–Crippen MR) is 75.2 cm³/mol. The third kappa shape index (κ3) is 2.76. The van der Waals surface area contributed by atoms with Crippen LogP contribution in [0.1, 0.15) is 23.5 Å². The minimum atomic E-state index is -1.45. The van der Waals surface area contributed by atoms with Crippen LogP contribution < -0.4 is 5.46 Å². The lowest BCUT2D eigenvalue weighted by atomic mass is 9.80. The molecule has 1 heterocycles. The van der Waals surface area contributed by atoms with Crippen molar-refractivity contribution < 1.29 is 19.5 Å². The van der Waals surface area contributed by atoms with Gasteiger partial charge in [-0.25, -0.2) is 0 Å². The van der Waals surface area contributed by atoms with Crippen molar-refractivity contribution in [1.29, 1.82) is 0 Å². The number of benzene rings is 2. The number of ether oxygens (including phenoxy) is 2. The molecule has 0 aliphatic carbocycles. The first kappa shape index (κ1) is 13.3. The summed E-state index contributed by atoms with van der Waals surface area (Å²) in [4.78, 5) is 0. The van der Waals surface area contributed by atoms with E-state index in [0.29, 0.717) is 12.1 Å². The minimum absolute atomic E-state index is 0.0655. The molecule has 3 rings (SSSR count). The van der Waals surface area contributed by atoms with Gasteiger partial charge < -0.3 is 19.5 Å². The van der Waals surface area contributed by atoms with Gasteiger partial charge in [0, 0.05) is 5.56 Å². The van der Waals surface area contributed by atoms with E-state index in [1.165, 1.54) is 0 Å². The fourth-order valence-corrected chi connectivity index (χ4v) is 2.25. The molecule has 0 unspecified atom stereocenters. The highest BCUT2D eigenvalue weighted by molar-refractivity contribution is 6.58. The third-order valence-corrected chi connectivity index (χ3v) is 3.36. The molecule has 4 nitrogen and oxygen atoms in total. The second-order valence-electron chi connectivity index (χ2n) is 4.74. The zero-order valence-electron chi connectivity index (χ0n) is 10.8. The molecule has 1 fully saturated rings. The molecule has 1 aliphatic heterocycles. The van der Waals surface area contributed by atoms with Crippen LogP contribution in [0.25, 0.3) is 0 Å². The van der Waals surface area contributed by atoms with Crippen molar-refractivity contribution in [2.75, 3.05) is 6.61 Å². The molecule has 0 saturated carbocycles. The first-order valence-electron chi connectivity index (χ1n) is 6.52. The molecule has 5 heteroatoms. The van der Waals surface area contributed by atoms with Crippen molar-refractivity contribution in [3.8, 4) is 0 Å². The summed E-state index contributed by atoms with van der Waals surface area (Å²) < 4.78 is 11.5. The van der Waals surface area contributed by atoms with E-state index < -0.39 is 13.4 Å². The maximum Gasteiger partial charge on any atom is 0.488 e. The Kier molecular flexibility index (Phi) is 3.85. The summed E-state index contributed by atoms with van der Waals surface area (Å²) in [6.45, 7) is 0.513. The highest BCUT2D eigenvalue weighted by Gasteiger charge is 2.28. The van der Waals surface area contributed by atoms with E-state index >= 15 is 0 Å². The van der Waals surface area contributed by atoms with E-state index in [1.807, 2.05) is 30.3 Å². The van der Waals surface area contributed by atoms with E-state index in [1.54, 1.807) is 24.3 Å². The highest BCUT2D eigenvalue weighted by atomic mass is 16.7. The first-order valence-corrected chi connectivity index (χ1v) is 6.52. The molecule has 1 aliphatic rings. The van der Waals surface area contributed by atoms with Gasteiger partial charge in [-0.1, -0.05) is 54.6 Å². The lowest BCUT2D eigenvalue weighted by molar-refractivity contribution is -0.0607. The summed E-state index contributed by atoms with van der Waals surface area (Å²) >= 11 is 0. The SMILES string of the molecule is OB(O)c1ccc([C@@H]2OC[C@H](c3ccccc3)O2)cc1. The zero-order valence-corrected chi connectivity index (χ0v) is 10.8. The summed E-state index contributed by atoms with van der Waals surface area (Å²) in [5.74, 6) is 0. The number of rotatable bonds is 3. The van der Waals surface area contributed by atoms with Crippen molar-refractivity contribution in [2.45, 2.75) is 12.4 Å². The molecule has 2 N–H and O–H groups in total. The maximum atomic E-state index is 9.06. The van der Waals surface area contributed by atoms with Gasteiger partial charge in [-0.3, -0.25) is 0 Å². The largest absolute Gasteiger partial charge is 0.488 e. The Morgan fingerprint density at radius 1 is 0.900 bits per heavy atom. The number of hydrogen-bond acceptors (Lipinski definition) is 4. The van der Waals surface area contributed by atoms with Gasteiger partial charge in [0.25, 0.3) is 0 Å². The van der Waals surface area contributed by atoms with Gasteiger partial charge in [-0.05, 0) is 11.0 Å². The Morgan fingerprint density at radius 2 is 1.60 bits per heavy atom. The molecule has 0 bridgehead atoms. The van der Waals surface area contributed by atoms with Crippen LogP contribution in [0.3, 0.4) is 0 Å². The van der Waals surface area contributed by atoms with Crippen LogP contribution >= 0.6 is 0 Å². The van der Waals surface area contributed by atoms with Crippen LogP contribution in [0.2, 0.25) is 0 Å². The molecule has 2 atom stereocenters. The normalized spacial score (nSPS) is 21.9. The van der Waals surface area contributed by atoms with Gasteiger partial charge in [-0.2, -0.15) is 0 Å². The Bertz CT molecular complexity index is 556. The van der Waals surface area contributed by atoms with Gasteiger partial charge >= 0.3 is 7.12 Å². The predicted octanol–water partition coefficient (Wildman–Crippen LogP) is 1.15. The van der Waals surface area contributed by atoms with Gasteiger partial charge in [0.1, 0.15) is 6.10 Å². The molecule has 2 aromatic carbocycles. The zero-order chi connectivity index (χ0) is 13.9. The van der Waals surface area contributed by atoms with Crippen molar-refractivity contribution in [1.82, 2.24) is 0 Å². The van der Waals surface area contributed by atoms with E-state index in [2.05, 4.69) is 0 Å². The van der Waals surface area contributed by atoms with Crippen LogP contribution in [0.4, 0.5) is 0 Å². The fourth-order valence-electron chi connectivity index (χ4n) is 2.25. The molecule has 0 radical (unpaired) electrons. The van der Waals surface area contributed by atoms with Crippen LogP contribution in [0.5, 0.6) is 0 Å². The van der Waals surface area contributed by atoms with E-state index in [-0.39, 0.29) is 6.10 Å². The lowest BCUT2D eigenvalue weighted by Gasteiger charge is -2.12. The summed E-state index contributed by atoms with van der Waals surface area (Å²) in [5, 5.41) is 18.1. The average molecular weight is 270 g/mol. The van der Waals surface area contributed by atoms with Gasteiger partial charge in [0.2, 0.25) is 0 Å². The molecule has 0 spiro atoms. The summed E-state index contributed by atoms with van der Waals surface area (Å²) in [6.07, 6.45) is -0.477. The smallest absolute Gasteiger partial charge is 0.423 e. The Hall–Kier alpha value is -1.66. The van der Waals surface area contributed by atoms with Crippen molar-refractivity contribution in [3.05, 3.63) is 65.7 Å². The average Bonchev–Trinajstić information content (AvgIpc) is 2.98. The van der Waals surface area contributed by atoms with Gasteiger partial charge in [0.15, 0.2) is 6.29 Å². The second-order valence-corrected chi connectivity index (χ2v) is 4.74. The molecule has 1 saturated heterocycles. The molecule has 0 aromatic heterocycles. The standard InChI is InChI=1S/C15H15BO4/c17-16(18)13-8-6-12(7-9-13)15-19-10-14(20-15)11-4-2-1-3-5-11/h1-9,14-15,17-18H,10H2/t14-,15-/m1/s1. The second kappa shape index (κ2) is 5.77. The number of hydrogen-bond donors (Lipinski definition) is 2. The molecule has 102 valence electrons. The molecular formula is C15H15BO4. The van der Waals surface area contributed by atoms with Crippen LogP contribution in [0, 0.1) is 0 Å². The monoisotopic (exact) mass is 270 g/mol. The van der Waals surface area contributed by atoms with E-state index in [9.17, 15) is 0 Å². The van der Waals surface area contributed by atoms with Crippen LogP contribution in [-0.2, 0) is 9.47 Å². The van der Waals surface area contributed by atoms with Crippen molar-refractivity contribution in [3.63, 3.8) is 0 Å². The molecular weight excluding hydrogens is 255 g/mol. The Labute approximate surface area is 117 Å². The van der Waals surface area contributed by atoms with Crippen molar-refractivity contribution >= 4 is 12.6 Å². The summed E-state index contributed by atoms with van der Waals surface area (Å²) in [6, 6.07) is 16.8. The third-order valence-electron chi connectivity index (χ3n) is 3.36.